The van der Waals surface area contributed by atoms with Crippen LogP contribution in [-0.2, 0) is 9.53 Å². The third-order valence-corrected chi connectivity index (χ3v) is 2.02. The maximum atomic E-state index is 11.2. The molecule has 0 saturated carbocycles. The van der Waals surface area contributed by atoms with Crippen molar-refractivity contribution in [1.82, 2.24) is 0 Å². The van der Waals surface area contributed by atoms with Crippen molar-refractivity contribution in [3.8, 4) is 11.5 Å². The summed E-state index contributed by atoms with van der Waals surface area (Å²) in [4.78, 5) is 11.2. The third kappa shape index (κ3) is 5.39. The number of hydrogen-bond donors (Lipinski definition) is 0. The van der Waals surface area contributed by atoms with Crippen LogP contribution in [0.15, 0.2) is 36.9 Å². The van der Waals surface area contributed by atoms with Gasteiger partial charge in [-0.05, 0) is 30.7 Å². The van der Waals surface area contributed by atoms with Gasteiger partial charge in [0.1, 0.15) is 18.1 Å². The Morgan fingerprint density at radius 3 is 2.39 bits per heavy atom. The Hall–Kier alpha value is -1.97. The minimum atomic E-state index is -0.416. The highest BCUT2D eigenvalue weighted by Gasteiger charge is 2.03. The van der Waals surface area contributed by atoms with Crippen molar-refractivity contribution < 1.29 is 19.0 Å². The third-order valence-electron chi connectivity index (χ3n) is 2.02. The van der Waals surface area contributed by atoms with Crippen molar-refractivity contribution in [2.45, 2.75) is 13.3 Å². The number of carbonyl (C=O) groups excluding carboxylic acids is 1. The molecule has 0 spiro atoms. The first-order chi connectivity index (χ1) is 8.76. The summed E-state index contributed by atoms with van der Waals surface area (Å²) in [6, 6.07) is 7.12. The van der Waals surface area contributed by atoms with Crippen LogP contribution in [0.25, 0.3) is 0 Å². The van der Waals surface area contributed by atoms with Crippen LogP contribution in [0.1, 0.15) is 13.3 Å². The standard InChI is InChI=1S/C14H18O4/c1-3-9-16-12-5-7-13(8-6-12)18-11-14(15)17-10-4-2/h4-8H,2-3,9-11H2,1H3. The van der Waals surface area contributed by atoms with E-state index in [-0.39, 0.29) is 13.2 Å². The summed E-state index contributed by atoms with van der Waals surface area (Å²) in [6.45, 7) is 6.28. The van der Waals surface area contributed by atoms with Crippen molar-refractivity contribution in [3.05, 3.63) is 36.9 Å². The predicted molar refractivity (Wildman–Crippen MR) is 68.9 cm³/mol. The van der Waals surface area contributed by atoms with Crippen molar-refractivity contribution in [1.29, 1.82) is 0 Å². The average molecular weight is 250 g/mol. The maximum Gasteiger partial charge on any atom is 0.344 e. The van der Waals surface area contributed by atoms with Gasteiger partial charge < -0.3 is 14.2 Å². The molecule has 0 fully saturated rings. The lowest BCUT2D eigenvalue weighted by molar-refractivity contribution is -0.144. The number of benzene rings is 1. The average Bonchev–Trinajstić information content (AvgIpc) is 2.41. The quantitative estimate of drug-likeness (QED) is 0.525. The number of ether oxygens (including phenoxy) is 3. The molecule has 0 N–H and O–H groups in total. The van der Waals surface area contributed by atoms with E-state index in [0.29, 0.717) is 12.4 Å². The minimum absolute atomic E-state index is 0.108. The maximum absolute atomic E-state index is 11.2. The molecule has 1 aromatic rings. The molecule has 1 aromatic carbocycles. The second-order valence-electron chi connectivity index (χ2n) is 3.58. The smallest absolute Gasteiger partial charge is 0.344 e. The van der Waals surface area contributed by atoms with Gasteiger partial charge in [0.15, 0.2) is 6.61 Å². The fourth-order valence-corrected chi connectivity index (χ4v) is 1.19. The summed E-state index contributed by atoms with van der Waals surface area (Å²) in [6.07, 6.45) is 2.48. The molecule has 0 atom stereocenters. The Labute approximate surface area is 107 Å². The first kappa shape index (κ1) is 14.1. The van der Waals surface area contributed by atoms with Crippen LogP contribution in [-0.4, -0.2) is 25.8 Å². The lowest BCUT2D eigenvalue weighted by Gasteiger charge is -2.07. The van der Waals surface area contributed by atoms with Crippen LogP contribution < -0.4 is 9.47 Å². The van der Waals surface area contributed by atoms with E-state index in [9.17, 15) is 4.79 Å². The van der Waals surface area contributed by atoms with Crippen LogP contribution >= 0.6 is 0 Å². The van der Waals surface area contributed by atoms with Crippen LogP contribution in [0, 0.1) is 0 Å². The van der Waals surface area contributed by atoms with Crippen LogP contribution in [0.3, 0.4) is 0 Å². The molecule has 0 aliphatic carbocycles. The summed E-state index contributed by atoms with van der Waals surface area (Å²) < 4.78 is 15.5. The SMILES string of the molecule is C=CCOC(=O)COc1ccc(OCCC)cc1. The van der Waals surface area contributed by atoms with E-state index in [0.717, 1.165) is 12.2 Å². The Morgan fingerprint density at radius 2 is 1.83 bits per heavy atom. The second kappa shape index (κ2) is 8.17. The molecule has 0 aromatic heterocycles. The zero-order valence-corrected chi connectivity index (χ0v) is 10.6. The molecule has 0 unspecified atom stereocenters. The Kier molecular flexibility index (Phi) is 6.40. The van der Waals surface area contributed by atoms with E-state index in [1.54, 1.807) is 24.3 Å². The topological polar surface area (TPSA) is 44.8 Å². The monoisotopic (exact) mass is 250 g/mol. The summed E-state index contributed by atoms with van der Waals surface area (Å²) in [5.41, 5.74) is 0. The zero-order chi connectivity index (χ0) is 13.2. The van der Waals surface area contributed by atoms with Gasteiger partial charge in [0.25, 0.3) is 0 Å². The Bertz CT molecular complexity index is 370. The minimum Gasteiger partial charge on any atom is -0.494 e. The molecule has 98 valence electrons. The molecule has 18 heavy (non-hydrogen) atoms. The molecule has 0 aliphatic heterocycles. The lowest BCUT2D eigenvalue weighted by atomic mass is 10.3. The molecule has 4 nitrogen and oxygen atoms in total. The van der Waals surface area contributed by atoms with Gasteiger partial charge >= 0.3 is 5.97 Å². The van der Waals surface area contributed by atoms with Gasteiger partial charge in [-0.3, -0.25) is 0 Å². The van der Waals surface area contributed by atoms with Gasteiger partial charge in [-0.2, -0.15) is 0 Å². The number of rotatable bonds is 8. The number of hydrogen-bond acceptors (Lipinski definition) is 4. The van der Waals surface area contributed by atoms with Gasteiger partial charge in [-0.15, -0.1) is 0 Å². The lowest BCUT2D eigenvalue weighted by Crippen LogP contribution is -2.14. The Morgan fingerprint density at radius 1 is 1.22 bits per heavy atom. The van der Waals surface area contributed by atoms with E-state index in [1.165, 1.54) is 6.08 Å². The fourth-order valence-electron chi connectivity index (χ4n) is 1.19. The molecule has 0 bridgehead atoms. The molecule has 0 heterocycles. The summed E-state index contributed by atoms with van der Waals surface area (Å²) in [7, 11) is 0. The van der Waals surface area contributed by atoms with Crippen molar-refractivity contribution >= 4 is 5.97 Å². The molecule has 0 radical (unpaired) electrons. The van der Waals surface area contributed by atoms with Crippen molar-refractivity contribution in [2.75, 3.05) is 19.8 Å². The first-order valence-corrected chi connectivity index (χ1v) is 5.88. The molecule has 1 rings (SSSR count). The molecular formula is C14H18O4. The van der Waals surface area contributed by atoms with E-state index in [4.69, 9.17) is 14.2 Å². The van der Waals surface area contributed by atoms with Gasteiger partial charge in [-0.1, -0.05) is 19.6 Å². The molecular weight excluding hydrogens is 232 g/mol. The van der Waals surface area contributed by atoms with Gasteiger partial charge in [-0.25, -0.2) is 4.79 Å². The highest BCUT2D eigenvalue weighted by molar-refractivity contribution is 5.71. The van der Waals surface area contributed by atoms with Gasteiger partial charge in [0.05, 0.1) is 6.61 Å². The first-order valence-electron chi connectivity index (χ1n) is 5.88. The normalized spacial score (nSPS) is 9.61. The van der Waals surface area contributed by atoms with Gasteiger partial charge in [0.2, 0.25) is 0 Å². The highest BCUT2D eigenvalue weighted by atomic mass is 16.6. The molecule has 4 heteroatoms. The summed E-state index contributed by atoms with van der Waals surface area (Å²) in [5, 5.41) is 0. The highest BCUT2D eigenvalue weighted by Crippen LogP contribution is 2.17. The molecule has 0 amide bonds. The summed E-state index contributed by atoms with van der Waals surface area (Å²) in [5.74, 6) is 0.981. The predicted octanol–water partition coefficient (Wildman–Crippen LogP) is 2.58. The van der Waals surface area contributed by atoms with Crippen LogP contribution in [0.5, 0.6) is 11.5 Å². The van der Waals surface area contributed by atoms with Crippen molar-refractivity contribution in [2.24, 2.45) is 0 Å². The largest absolute Gasteiger partial charge is 0.494 e. The fraction of sp³-hybridized carbons (Fsp3) is 0.357. The number of esters is 1. The van der Waals surface area contributed by atoms with Gasteiger partial charge in [0, 0.05) is 0 Å². The molecule has 0 saturated heterocycles. The molecule has 0 aliphatic rings. The second-order valence-corrected chi connectivity index (χ2v) is 3.58. The Balaban J connectivity index is 2.34. The summed E-state index contributed by atoms with van der Waals surface area (Å²) >= 11 is 0. The van der Waals surface area contributed by atoms with Crippen LogP contribution in [0.2, 0.25) is 0 Å². The number of carbonyl (C=O) groups is 1. The van der Waals surface area contributed by atoms with E-state index in [1.807, 2.05) is 6.92 Å². The van der Waals surface area contributed by atoms with E-state index in [2.05, 4.69) is 6.58 Å². The van der Waals surface area contributed by atoms with Crippen LogP contribution in [0.4, 0.5) is 0 Å². The van der Waals surface area contributed by atoms with Crippen molar-refractivity contribution in [3.63, 3.8) is 0 Å². The van der Waals surface area contributed by atoms with E-state index < -0.39 is 5.97 Å². The van der Waals surface area contributed by atoms with E-state index >= 15 is 0 Å². The zero-order valence-electron chi connectivity index (χ0n) is 10.6.